The summed E-state index contributed by atoms with van der Waals surface area (Å²) in [6.45, 7) is 2.11. The van der Waals surface area contributed by atoms with Crippen molar-refractivity contribution in [1.29, 1.82) is 0 Å². The van der Waals surface area contributed by atoms with E-state index in [0.717, 1.165) is 29.9 Å². The second kappa shape index (κ2) is 5.64. The molecule has 1 atom stereocenters. The van der Waals surface area contributed by atoms with E-state index in [0.29, 0.717) is 18.6 Å². The van der Waals surface area contributed by atoms with E-state index in [1.54, 1.807) is 18.3 Å². The van der Waals surface area contributed by atoms with Crippen molar-refractivity contribution in [1.82, 2.24) is 19.5 Å². The lowest BCUT2D eigenvalue weighted by molar-refractivity contribution is 0.149. The molecule has 1 unspecified atom stereocenters. The summed E-state index contributed by atoms with van der Waals surface area (Å²) >= 11 is 0. The molecule has 3 aromatic rings. The number of nitrogens with one attached hydrogen (secondary N) is 1. The van der Waals surface area contributed by atoms with Gasteiger partial charge in [-0.15, -0.1) is 0 Å². The summed E-state index contributed by atoms with van der Waals surface area (Å²) in [5.74, 6) is 0. The molecular weight excluding hydrogens is 292 g/mol. The highest BCUT2D eigenvalue weighted by atomic mass is 16.3. The van der Waals surface area contributed by atoms with Gasteiger partial charge in [-0.05, 0) is 17.5 Å². The zero-order chi connectivity index (χ0) is 15.8. The molecule has 6 nitrogen and oxygen atoms in total. The quantitative estimate of drug-likeness (QED) is 0.751. The lowest BCUT2D eigenvalue weighted by atomic mass is 10.0. The number of aromatic nitrogens is 3. The minimum absolute atomic E-state index is 0.106. The number of fused-ring (bicyclic) bond motifs is 2. The highest BCUT2D eigenvalue weighted by molar-refractivity contribution is 5.36. The lowest BCUT2D eigenvalue weighted by Crippen LogP contribution is -2.25. The molecule has 1 aliphatic heterocycles. The van der Waals surface area contributed by atoms with Crippen LogP contribution in [-0.4, -0.2) is 31.1 Å². The van der Waals surface area contributed by atoms with Crippen molar-refractivity contribution in [2.24, 2.45) is 0 Å². The first kappa shape index (κ1) is 14.2. The highest BCUT2D eigenvalue weighted by Crippen LogP contribution is 2.26. The van der Waals surface area contributed by atoms with Crippen LogP contribution in [0.4, 0.5) is 0 Å². The van der Waals surface area contributed by atoms with Gasteiger partial charge in [0.2, 0.25) is 0 Å². The predicted octanol–water partition coefficient (Wildman–Crippen LogP) is 1.46. The third-order valence-electron chi connectivity index (χ3n) is 4.35. The van der Waals surface area contributed by atoms with Gasteiger partial charge >= 0.3 is 0 Å². The van der Waals surface area contributed by atoms with Gasteiger partial charge < -0.3 is 5.11 Å². The van der Waals surface area contributed by atoms with Gasteiger partial charge in [0.15, 0.2) is 5.65 Å². The molecule has 1 aromatic carbocycles. The van der Waals surface area contributed by atoms with Crippen molar-refractivity contribution in [3.05, 3.63) is 69.8 Å². The summed E-state index contributed by atoms with van der Waals surface area (Å²) in [4.78, 5) is 18.8. The van der Waals surface area contributed by atoms with Crippen molar-refractivity contribution in [2.75, 3.05) is 6.54 Å². The lowest BCUT2D eigenvalue weighted by Gasteiger charge is -2.19. The van der Waals surface area contributed by atoms with Gasteiger partial charge in [0, 0.05) is 38.0 Å². The van der Waals surface area contributed by atoms with E-state index in [2.05, 4.69) is 21.0 Å². The van der Waals surface area contributed by atoms with E-state index >= 15 is 0 Å². The number of benzene rings is 1. The third-order valence-corrected chi connectivity index (χ3v) is 4.35. The second-order valence-corrected chi connectivity index (χ2v) is 5.96. The van der Waals surface area contributed by atoms with Crippen LogP contribution >= 0.6 is 0 Å². The maximum absolute atomic E-state index is 12.1. The number of hydrogen-bond donors (Lipinski definition) is 2. The van der Waals surface area contributed by atoms with Gasteiger partial charge in [0.05, 0.1) is 11.8 Å². The molecule has 0 radical (unpaired) electrons. The molecule has 0 spiro atoms. The Hall–Kier alpha value is -2.44. The standard InChI is InChI=1S/C17H18N4O2/c22-15-6-8-20(10-12-3-1-2-4-14(12)15)11-13-9-17(23)21-16(19-13)5-7-18-21/h1-5,7,9,15,18,22H,6,8,10-11H2. The van der Waals surface area contributed by atoms with Crippen LogP contribution in [0.3, 0.4) is 0 Å². The SMILES string of the molecule is O=c1cc(CN2CCC(O)c3ccccc3C2)nc2cc[nH]n12. The Morgan fingerprint density at radius 2 is 2.17 bits per heavy atom. The molecule has 0 amide bonds. The molecule has 4 rings (SSSR count). The van der Waals surface area contributed by atoms with Crippen LogP contribution in [0.1, 0.15) is 29.3 Å². The van der Waals surface area contributed by atoms with Gasteiger partial charge in [-0.2, -0.15) is 0 Å². The zero-order valence-electron chi connectivity index (χ0n) is 12.6. The number of rotatable bonds is 2. The molecule has 2 aromatic heterocycles. The minimum Gasteiger partial charge on any atom is -0.388 e. The Kier molecular flexibility index (Phi) is 3.48. The van der Waals surface area contributed by atoms with E-state index in [9.17, 15) is 9.90 Å². The van der Waals surface area contributed by atoms with Gasteiger partial charge in [0.1, 0.15) is 0 Å². The van der Waals surface area contributed by atoms with E-state index < -0.39 is 6.10 Å². The first-order chi connectivity index (χ1) is 11.2. The van der Waals surface area contributed by atoms with Crippen LogP contribution in [0.2, 0.25) is 0 Å². The van der Waals surface area contributed by atoms with E-state index in [1.165, 1.54) is 4.52 Å². The summed E-state index contributed by atoms with van der Waals surface area (Å²) in [6, 6.07) is 11.3. The highest BCUT2D eigenvalue weighted by Gasteiger charge is 2.20. The molecule has 6 heteroatoms. The number of aliphatic hydroxyl groups excluding tert-OH is 1. The number of aliphatic hydroxyl groups is 1. The van der Waals surface area contributed by atoms with Gasteiger partial charge in [-0.1, -0.05) is 24.3 Å². The molecule has 0 saturated carbocycles. The fourth-order valence-corrected chi connectivity index (χ4v) is 3.21. The molecule has 23 heavy (non-hydrogen) atoms. The molecule has 0 fully saturated rings. The summed E-state index contributed by atoms with van der Waals surface area (Å²) in [5.41, 5.74) is 3.41. The van der Waals surface area contributed by atoms with E-state index in [4.69, 9.17) is 0 Å². The molecular formula is C17H18N4O2. The molecule has 3 heterocycles. The summed E-state index contributed by atoms with van der Waals surface area (Å²) in [7, 11) is 0. The topological polar surface area (TPSA) is 73.6 Å². The molecule has 118 valence electrons. The van der Waals surface area contributed by atoms with Crippen LogP contribution in [0, 0.1) is 0 Å². The number of H-pyrrole nitrogens is 1. The first-order valence-corrected chi connectivity index (χ1v) is 7.75. The van der Waals surface area contributed by atoms with Crippen molar-refractivity contribution in [2.45, 2.75) is 25.6 Å². The van der Waals surface area contributed by atoms with Gasteiger partial charge in [-0.25, -0.2) is 9.50 Å². The monoisotopic (exact) mass is 310 g/mol. The van der Waals surface area contributed by atoms with Crippen LogP contribution in [-0.2, 0) is 13.1 Å². The van der Waals surface area contributed by atoms with Crippen molar-refractivity contribution in [3.63, 3.8) is 0 Å². The van der Waals surface area contributed by atoms with Crippen molar-refractivity contribution >= 4 is 5.65 Å². The number of hydrogen-bond acceptors (Lipinski definition) is 4. The van der Waals surface area contributed by atoms with Crippen LogP contribution in [0.25, 0.3) is 5.65 Å². The van der Waals surface area contributed by atoms with Gasteiger partial charge in [0.25, 0.3) is 5.56 Å². The Labute approximate surface area is 133 Å². The smallest absolute Gasteiger partial charge is 0.272 e. The Morgan fingerprint density at radius 3 is 3.09 bits per heavy atom. The fraction of sp³-hybridized carbons (Fsp3) is 0.294. The largest absolute Gasteiger partial charge is 0.388 e. The van der Waals surface area contributed by atoms with E-state index in [1.807, 2.05) is 18.2 Å². The van der Waals surface area contributed by atoms with Crippen LogP contribution in [0.5, 0.6) is 0 Å². The first-order valence-electron chi connectivity index (χ1n) is 7.75. The number of aromatic amines is 1. The summed E-state index contributed by atoms with van der Waals surface area (Å²) in [6.07, 6.45) is 1.95. The Bertz CT molecular complexity index is 899. The fourth-order valence-electron chi connectivity index (χ4n) is 3.21. The molecule has 0 bridgehead atoms. The predicted molar refractivity (Wildman–Crippen MR) is 85.9 cm³/mol. The third kappa shape index (κ3) is 2.67. The van der Waals surface area contributed by atoms with Gasteiger partial charge in [-0.3, -0.25) is 14.8 Å². The molecule has 0 saturated heterocycles. The maximum atomic E-state index is 12.1. The second-order valence-electron chi connectivity index (χ2n) is 5.96. The van der Waals surface area contributed by atoms with Crippen LogP contribution < -0.4 is 5.56 Å². The number of nitrogens with zero attached hydrogens (tertiary/aromatic N) is 3. The normalized spacial score (nSPS) is 18.7. The minimum atomic E-state index is -0.429. The molecule has 2 N–H and O–H groups in total. The molecule has 1 aliphatic rings. The summed E-state index contributed by atoms with van der Waals surface area (Å²) < 4.78 is 1.42. The van der Waals surface area contributed by atoms with Crippen LogP contribution in [0.15, 0.2) is 47.4 Å². The maximum Gasteiger partial charge on any atom is 0.272 e. The van der Waals surface area contributed by atoms with Crippen molar-refractivity contribution < 1.29 is 5.11 Å². The average molecular weight is 310 g/mol. The summed E-state index contributed by atoms with van der Waals surface area (Å²) in [5, 5.41) is 13.1. The Morgan fingerprint density at radius 1 is 1.30 bits per heavy atom. The molecule has 0 aliphatic carbocycles. The van der Waals surface area contributed by atoms with Crippen molar-refractivity contribution in [3.8, 4) is 0 Å². The average Bonchev–Trinajstić information content (AvgIpc) is 2.96. The zero-order valence-corrected chi connectivity index (χ0v) is 12.6. The van der Waals surface area contributed by atoms with E-state index in [-0.39, 0.29) is 5.56 Å². The Balaban J connectivity index is 1.62.